The fraction of sp³-hybridized carbons (Fsp3) is 1.00. The molecule has 0 bridgehead atoms. The lowest BCUT2D eigenvalue weighted by Gasteiger charge is -2.36. The minimum absolute atomic E-state index is 0.572. The number of hydrogen-bond donors (Lipinski definition) is 1. The second-order valence-corrected chi connectivity index (χ2v) is 7.75. The Bertz CT molecular complexity index is 235. The van der Waals surface area contributed by atoms with E-state index in [0.29, 0.717) is 4.75 Å². The van der Waals surface area contributed by atoms with E-state index in [9.17, 15) is 0 Å². The van der Waals surface area contributed by atoms with Gasteiger partial charge in [-0.2, -0.15) is 11.8 Å². The standard InChI is InChI=1S/C15H29NS/c1-12-6-7-14(13(2)10-12)16-11-15(17-3)8-4-5-9-15/h12-14,16H,4-11H2,1-3H3. The molecule has 0 heterocycles. The van der Waals surface area contributed by atoms with E-state index in [1.165, 1.54) is 51.5 Å². The van der Waals surface area contributed by atoms with E-state index in [1.54, 1.807) is 0 Å². The van der Waals surface area contributed by atoms with Crippen LogP contribution < -0.4 is 5.32 Å². The van der Waals surface area contributed by atoms with Crippen molar-refractivity contribution in [3.63, 3.8) is 0 Å². The van der Waals surface area contributed by atoms with Crippen LogP contribution in [0.1, 0.15) is 58.8 Å². The summed E-state index contributed by atoms with van der Waals surface area (Å²) < 4.78 is 0.572. The summed E-state index contributed by atoms with van der Waals surface area (Å²) in [5.74, 6) is 1.82. The first-order chi connectivity index (χ1) is 8.15. The van der Waals surface area contributed by atoms with Crippen LogP contribution in [0.3, 0.4) is 0 Å². The number of thioether (sulfide) groups is 1. The number of rotatable bonds is 4. The summed E-state index contributed by atoms with van der Waals surface area (Å²) in [5.41, 5.74) is 0. The molecule has 0 aliphatic heterocycles. The zero-order valence-corrected chi connectivity index (χ0v) is 12.6. The van der Waals surface area contributed by atoms with Gasteiger partial charge in [-0.25, -0.2) is 0 Å². The van der Waals surface area contributed by atoms with Crippen molar-refractivity contribution in [3.05, 3.63) is 0 Å². The Hall–Kier alpha value is 0.310. The van der Waals surface area contributed by atoms with E-state index in [-0.39, 0.29) is 0 Å². The van der Waals surface area contributed by atoms with Crippen molar-refractivity contribution in [2.75, 3.05) is 12.8 Å². The number of hydrogen-bond acceptors (Lipinski definition) is 2. The lowest BCUT2D eigenvalue weighted by atomic mass is 9.79. The van der Waals surface area contributed by atoms with Crippen LogP contribution in [0.4, 0.5) is 0 Å². The predicted molar refractivity (Wildman–Crippen MR) is 78.7 cm³/mol. The minimum atomic E-state index is 0.572. The molecule has 2 aliphatic carbocycles. The van der Waals surface area contributed by atoms with Gasteiger partial charge in [0.2, 0.25) is 0 Å². The van der Waals surface area contributed by atoms with E-state index < -0.39 is 0 Å². The Kier molecular flexibility index (Phi) is 4.82. The van der Waals surface area contributed by atoms with Gasteiger partial charge in [-0.05, 0) is 50.2 Å². The topological polar surface area (TPSA) is 12.0 Å². The van der Waals surface area contributed by atoms with Crippen LogP contribution >= 0.6 is 11.8 Å². The van der Waals surface area contributed by atoms with Crippen molar-refractivity contribution >= 4 is 11.8 Å². The Balaban J connectivity index is 1.81. The van der Waals surface area contributed by atoms with Crippen molar-refractivity contribution in [1.29, 1.82) is 0 Å². The van der Waals surface area contributed by atoms with Crippen LogP contribution in [-0.2, 0) is 0 Å². The summed E-state index contributed by atoms with van der Waals surface area (Å²) in [6.07, 6.45) is 12.3. The fourth-order valence-corrected chi connectivity index (χ4v) is 4.68. The van der Waals surface area contributed by atoms with Crippen molar-refractivity contribution in [2.24, 2.45) is 11.8 Å². The summed E-state index contributed by atoms with van der Waals surface area (Å²) in [6, 6.07) is 0.788. The maximum Gasteiger partial charge on any atom is 0.0281 e. The molecule has 3 unspecified atom stereocenters. The average Bonchev–Trinajstić information content (AvgIpc) is 2.77. The van der Waals surface area contributed by atoms with Gasteiger partial charge in [-0.1, -0.05) is 26.7 Å². The normalized spacial score (nSPS) is 37.2. The van der Waals surface area contributed by atoms with Gasteiger partial charge in [0.1, 0.15) is 0 Å². The fourth-order valence-electron chi connectivity index (χ4n) is 3.76. The molecule has 0 radical (unpaired) electrons. The third-order valence-electron chi connectivity index (χ3n) is 5.07. The molecular weight excluding hydrogens is 226 g/mol. The van der Waals surface area contributed by atoms with Crippen LogP contribution in [0.15, 0.2) is 0 Å². The molecule has 2 rings (SSSR count). The van der Waals surface area contributed by atoms with Gasteiger partial charge < -0.3 is 5.32 Å². The summed E-state index contributed by atoms with van der Waals surface area (Å²) in [4.78, 5) is 0. The largest absolute Gasteiger partial charge is 0.312 e. The first-order valence-electron chi connectivity index (χ1n) is 7.44. The molecule has 100 valence electrons. The molecule has 1 nitrogen and oxygen atoms in total. The molecule has 0 amide bonds. The third kappa shape index (κ3) is 3.41. The first-order valence-corrected chi connectivity index (χ1v) is 8.66. The monoisotopic (exact) mass is 255 g/mol. The van der Waals surface area contributed by atoms with Crippen LogP contribution in [0.25, 0.3) is 0 Å². The Morgan fingerprint density at radius 3 is 2.47 bits per heavy atom. The molecule has 2 saturated carbocycles. The second kappa shape index (κ2) is 5.97. The van der Waals surface area contributed by atoms with Crippen molar-refractivity contribution in [1.82, 2.24) is 5.32 Å². The van der Waals surface area contributed by atoms with E-state index >= 15 is 0 Å². The van der Waals surface area contributed by atoms with Gasteiger partial charge in [0.05, 0.1) is 0 Å². The predicted octanol–water partition coefficient (Wildman–Crippen LogP) is 4.08. The smallest absolute Gasteiger partial charge is 0.0281 e. The van der Waals surface area contributed by atoms with Gasteiger partial charge in [0.15, 0.2) is 0 Å². The molecule has 0 spiro atoms. The molecule has 0 aromatic rings. The highest BCUT2D eigenvalue weighted by Gasteiger charge is 2.34. The molecule has 2 aliphatic rings. The minimum Gasteiger partial charge on any atom is -0.312 e. The highest BCUT2D eigenvalue weighted by molar-refractivity contribution is 8.00. The van der Waals surface area contributed by atoms with Crippen molar-refractivity contribution < 1.29 is 0 Å². The summed E-state index contributed by atoms with van der Waals surface area (Å²) in [6.45, 7) is 6.10. The van der Waals surface area contributed by atoms with Crippen LogP contribution in [-0.4, -0.2) is 23.6 Å². The lowest BCUT2D eigenvalue weighted by Crippen LogP contribution is -2.45. The van der Waals surface area contributed by atoms with E-state index in [0.717, 1.165) is 17.9 Å². The summed E-state index contributed by atoms with van der Waals surface area (Å²) in [5, 5.41) is 3.90. The molecule has 2 heteroatoms. The first kappa shape index (κ1) is 13.7. The van der Waals surface area contributed by atoms with E-state index in [1.807, 2.05) is 0 Å². The lowest BCUT2D eigenvalue weighted by molar-refractivity contribution is 0.224. The van der Waals surface area contributed by atoms with Crippen LogP contribution in [0.5, 0.6) is 0 Å². The number of nitrogens with one attached hydrogen (secondary N) is 1. The average molecular weight is 255 g/mol. The maximum atomic E-state index is 3.90. The van der Waals surface area contributed by atoms with Crippen molar-refractivity contribution in [2.45, 2.75) is 69.6 Å². The molecule has 0 aromatic heterocycles. The van der Waals surface area contributed by atoms with Gasteiger partial charge >= 0.3 is 0 Å². The molecule has 0 saturated heterocycles. The van der Waals surface area contributed by atoms with Gasteiger partial charge in [0.25, 0.3) is 0 Å². The zero-order chi connectivity index (χ0) is 12.3. The third-order valence-corrected chi connectivity index (χ3v) is 6.48. The molecule has 0 aromatic carbocycles. The van der Waals surface area contributed by atoms with Gasteiger partial charge in [-0.15, -0.1) is 0 Å². The maximum absolute atomic E-state index is 3.90. The van der Waals surface area contributed by atoms with Gasteiger partial charge in [0, 0.05) is 17.3 Å². The second-order valence-electron chi connectivity index (χ2n) is 6.48. The van der Waals surface area contributed by atoms with E-state index in [4.69, 9.17) is 0 Å². The molecular formula is C15H29NS. The Labute approximate surface area is 112 Å². The summed E-state index contributed by atoms with van der Waals surface area (Å²) >= 11 is 2.11. The quantitative estimate of drug-likeness (QED) is 0.812. The highest BCUT2D eigenvalue weighted by atomic mass is 32.2. The van der Waals surface area contributed by atoms with Crippen LogP contribution in [0.2, 0.25) is 0 Å². The Morgan fingerprint density at radius 2 is 1.88 bits per heavy atom. The molecule has 17 heavy (non-hydrogen) atoms. The zero-order valence-electron chi connectivity index (χ0n) is 11.8. The van der Waals surface area contributed by atoms with Crippen molar-refractivity contribution in [3.8, 4) is 0 Å². The van der Waals surface area contributed by atoms with Gasteiger partial charge in [-0.3, -0.25) is 0 Å². The SMILES string of the molecule is CSC1(CNC2CCC(C)CC2C)CCCC1. The Morgan fingerprint density at radius 1 is 1.18 bits per heavy atom. The summed E-state index contributed by atoms with van der Waals surface area (Å²) in [7, 11) is 0. The molecule has 1 N–H and O–H groups in total. The van der Waals surface area contributed by atoms with E-state index in [2.05, 4.69) is 37.2 Å². The highest BCUT2D eigenvalue weighted by Crippen LogP contribution is 2.40. The molecule has 3 atom stereocenters. The van der Waals surface area contributed by atoms with Crippen LogP contribution in [0, 0.1) is 11.8 Å². The molecule has 2 fully saturated rings.